The molecule has 0 bridgehead atoms. The minimum atomic E-state index is -0.132. The summed E-state index contributed by atoms with van der Waals surface area (Å²) in [6.07, 6.45) is 0.214. The molecule has 0 unspecified atom stereocenters. The van der Waals surface area contributed by atoms with Gasteiger partial charge in [0.1, 0.15) is 10.8 Å². The van der Waals surface area contributed by atoms with Gasteiger partial charge in [0.15, 0.2) is 5.13 Å². The van der Waals surface area contributed by atoms with Crippen LogP contribution in [0.2, 0.25) is 0 Å². The van der Waals surface area contributed by atoms with Gasteiger partial charge < -0.3 is 10.1 Å². The van der Waals surface area contributed by atoms with Crippen molar-refractivity contribution >= 4 is 33.7 Å². The van der Waals surface area contributed by atoms with Crippen molar-refractivity contribution in [3.8, 4) is 27.6 Å². The van der Waals surface area contributed by atoms with E-state index in [9.17, 15) is 4.79 Å². The normalized spacial score (nSPS) is 10.7. The third-order valence-corrected chi connectivity index (χ3v) is 5.99. The Morgan fingerprint density at radius 3 is 2.69 bits per heavy atom. The highest BCUT2D eigenvalue weighted by molar-refractivity contribution is 7.14. The summed E-state index contributed by atoms with van der Waals surface area (Å²) in [6.45, 7) is 2.02. The molecular weight excluding hydrogens is 402 g/mol. The third kappa shape index (κ3) is 4.52. The number of hydrogen-bond donors (Lipinski definition) is 1. The van der Waals surface area contributed by atoms with Crippen LogP contribution in [0.4, 0.5) is 5.13 Å². The second-order valence-corrected chi connectivity index (χ2v) is 8.19. The van der Waals surface area contributed by atoms with Gasteiger partial charge in [-0.15, -0.1) is 22.7 Å². The van der Waals surface area contributed by atoms with Gasteiger partial charge in [-0.25, -0.2) is 9.97 Å². The van der Waals surface area contributed by atoms with Crippen molar-refractivity contribution in [2.24, 2.45) is 0 Å². The summed E-state index contributed by atoms with van der Waals surface area (Å²) in [5, 5.41) is 8.19. The molecule has 0 aliphatic rings. The number of nitrogens with one attached hydrogen (secondary N) is 1. The summed E-state index contributed by atoms with van der Waals surface area (Å²) in [7, 11) is 1.64. The number of benzene rings is 2. The van der Waals surface area contributed by atoms with E-state index in [1.807, 2.05) is 66.2 Å². The van der Waals surface area contributed by atoms with E-state index in [0.29, 0.717) is 5.13 Å². The highest BCUT2D eigenvalue weighted by Crippen LogP contribution is 2.33. The van der Waals surface area contributed by atoms with Gasteiger partial charge in [-0.2, -0.15) is 0 Å². The van der Waals surface area contributed by atoms with Crippen molar-refractivity contribution in [3.05, 3.63) is 70.5 Å². The second-order valence-electron chi connectivity index (χ2n) is 6.48. The van der Waals surface area contributed by atoms with Crippen LogP contribution < -0.4 is 10.1 Å². The zero-order chi connectivity index (χ0) is 20.2. The molecule has 2 aromatic heterocycles. The molecular formula is C22H19N3O2S2. The molecule has 2 heterocycles. The fraction of sp³-hybridized carbons (Fsp3) is 0.136. The predicted octanol–water partition coefficient (Wildman–Crippen LogP) is 5.43. The largest absolute Gasteiger partial charge is 0.496 e. The number of anilines is 1. The Morgan fingerprint density at radius 2 is 1.90 bits per heavy atom. The van der Waals surface area contributed by atoms with Gasteiger partial charge in [0.05, 0.1) is 24.9 Å². The van der Waals surface area contributed by atoms with Crippen LogP contribution >= 0.6 is 22.7 Å². The Balaban J connectivity index is 1.44. The molecule has 0 fully saturated rings. The average Bonchev–Trinajstić information content (AvgIpc) is 3.38. The number of hydrogen-bond acceptors (Lipinski definition) is 6. The fourth-order valence-electron chi connectivity index (χ4n) is 2.91. The van der Waals surface area contributed by atoms with Gasteiger partial charge in [0.25, 0.3) is 0 Å². The lowest BCUT2D eigenvalue weighted by Crippen LogP contribution is -2.14. The zero-order valence-corrected chi connectivity index (χ0v) is 17.6. The molecule has 146 valence electrons. The molecule has 0 saturated heterocycles. The SMILES string of the molecule is COc1ccc(C)cc1-c1csc(NC(=O)Cc2csc(-c3ccccc3)n2)n1. The maximum Gasteiger partial charge on any atom is 0.232 e. The number of methoxy groups -OCH3 is 1. The Bertz CT molecular complexity index is 1140. The summed E-state index contributed by atoms with van der Waals surface area (Å²) in [6, 6.07) is 15.9. The van der Waals surface area contributed by atoms with Crippen molar-refractivity contribution in [1.82, 2.24) is 9.97 Å². The lowest BCUT2D eigenvalue weighted by atomic mass is 10.1. The van der Waals surface area contributed by atoms with Crippen LogP contribution in [0.3, 0.4) is 0 Å². The van der Waals surface area contributed by atoms with E-state index in [0.717, 1.165) is 38.8 Å². The lowest BCUT2D eigenvalue weighted by molar-refractivity contribution is -0.115. The quantitative estimate of drug-likeness (QED) is 0.451. The molecule has 0 spiro atoms. The van der Waals surface area contributed by atoms with Crippen molar-refractivity contribution in [3.63, 3.8) is 0 Å². The Morgan fingerprint density at radius 1 is 1.07 bits per heavy atom. The van der Waals surface area contributed by atoms with E-state index in [-0.39, 0.29) is 12.3 Å². The van der Waals surface area contributed by atoms with Gasteiger partial charge in [-0.3, -0.25) is 4.79 Å². The van der Waals surface area contributed by atoms with Gasteiger partial charge >= 0.3 is 0 Å². The van der Waals surface area contributed by atoms with E-state index < -0.39 is 0 Å². The van der Waals surface area contributed by atoms with E-state index in [1.165, 1.54) is 22.7 Å². The number of thiazole rings is 2. The number of carbonyl (C=O) groups excluding carboxylic acids is 1. The van der Waals surface area contributed by atoms with E-state index >= 15 is 0 Å². The van der Waals surface area contributed by atoms with Gasteiger partial charge in [0, 0.05) is 21.9 Å². The maximum absolute atomic E-state index is 12.4. The molecule has 1 N–H and O–H groups in total. The number of rotatable bonds is 6. The molecule has 0 aliphatic carbocycles. The number of carbonyl (C=O) groups is 1. The number of ether oxygens (including phenoxy) is 1. The monoisotopic (exact) mass is 421 g/mol. The molecule has 0 aliphatic heterocycles. The van der Waals surface area contributed by atoms with Crippen LogP contribution in [0.15, 0.2) is 59.3 Å². The molecule has 0 saturated carbocycles. The predicted molar refractivity (Wildman–Crippen MR) is 119 cm³/mol. The molecule has 4 rings (SSSR count). The fourth-order valence-corrected chi connectivity index (χ4v) is 4.46. The Kier molecular flexibility index (Phi) is 5.69. The number of aryl methyl sites for hydroxylation is 1. The highest BCUT2D eigenvalue weighted by Gasteiger charge is 2.14. The Hall–Kier alpha value is -3.03. The first-order valence-electron chi connectivity index (χ1n) is 9.02. The minimum absolute atomic E-state index is 0.132. The van der Waals surface area contributed by atoms with Crippen molar-refractivity contribution in [2.75, 3.05) is 12.4 Å². The van der Waals surface area contributed by atoms with Crippen LogP contribution in [-0.2, 0) is 11.2 Å². The number of nitrogens with zero attached hydrogens (tertiary/aromatic N) is 2. The van der Waals surface area contributed by atoms with Gasteiger partial charge in [-0.1, -0.05) is 42.0 Å². The molecule has 5 nitrogen and oxygen atoms in total. The van der Waals surface area contributed by atoms with Crippen molar-refractivity contribution in [1.29, 1.82) is 0 Å². The molecule has 0 radical (unpaired) electrons. The first kappa shape index (κ1) is 19.3. The molecule has 7 heteroatoms. The number of amides is 1. The average molecular weight is 422 g/mol. The van der Waals surface area contributed by atoms with Crippen molar-refractivity contribution in [2.45, 2.75) is 13.3 Å². The summed E-state index contributed by atoms with van der Waals surface area (Å²) in [4.78, 5) is 21.6. The zero-order valence-electron chi connectivity index (χ0n) is 16.0. The van der Waals surface area contributed by atoms with E-state index in [2.05, 4.69) is 15.3 Å². The first-order chi connectivity index (χ1) is 14.1. The van der Waals surface area contributed by atoms with Crippen LogP contribution in [0.5, 0.6) is 5.75 Å². The summed E-state index contributed by atoms with van der Waals surface area (Å²) < 4.78 is 5.43. The molecule has 0 atom stereocenters. The first-order valence-corrected chi connectivity index (χ1v) is 10.8. The topological polar surface area (TPSA) is 64.1 Å². The smallest absolute Gasteiger partial charge is 0.232 e. The summed E-state index contributed by atoms with van der Waals surface area (Å²) in [5.41, 5.74) is 4.63. The molecule has 1 amide bonds. The second kappa shape index (κ2) is 8.55. The van der Waals surface area contributed by atoms with E-state index in [4.69, 9.17) is 4.74 Å². The molecule has 29 heavy (non-hydrogen) atoms. The van der Waals surface area contributed by atoms with Gasteiger partial charge in [-0.05, 0) is 19.1 Å². The van der Waals surface area contributed by atoms with Gasteiger partial charge in [0.2, 0.25) is 5.91 Å². The highest BCUT2D eigenvalue weighted by atomic mass is 32.1. The van der Waals surface area contributed by atoms with Crippen molar-refractivity contribution < 1.29 is 9.53 Å². The standard InChI is InChI=1S/C22H19N3O2S2/c1-14-8-9-19(27-2)17(10-14)18-13-29-22(24-18)25-20(26)11-16-12-28-21(23-16)15-6-4-3-5-7-15/h3-10,12-13H,11H2,1-2H3,(H,24,25,26). The van der Waals surface area contributed by atoms with E-state index in [1.54, 1.807) is 7.11 Å². The summed E-state index contributed by atoms with van der Waals surface area (Å²) in [5.74, 6) is 0.627. The van der Waals surface area contributed by atoms with Crippen LogP contribution in [0.1, 0.15) is 11.3 Å². The Labute approximate surface area is 177 Å². The molecule has 2 aromatic carbocycles. The number of aromatic nitrogens is 2. The maximum atomic E-state index is 12.4. The molecule has 4 aromatic rings. The summed E-state index contributed by atoms with van der Waals surface area (Å²) >= 11 is 2.93. The van der Waals surface area contributed by atoms with Crippen LogP contribution in [-0.4, -0.2) is 23.0 Å². The minimum Gasteiger partial charge on any atom is -0.496 e. The van der Waals surface area contributed by atoms with Crippen LogP contribution in [0, 0.1) is 6.92 Å². The van der Waals surface area contributed by atoms with Crippen LogP contribution in [0.25, 0.3) is 21.8 Å². The third-order valence-electron chi connectivity index (χ3n) is 4.30. The lowest BCUT2D eigenvalue weighted by Gasteiger charge is -2.07.